The van der Waals surface area contributed by atoms with E-state index in [1.807, 2.05) is 17.9 Å². The van der Waals surface area contributed by atoms with E-state index < -0.39 is 0 Å². The summed E-state index contributed by atoms with van der Waals surface area (Å²) in [5.74, 6) is 1.52. The number of rotatable bonds is 3. The van der Waals surface area contributed by atoms with Gasteiger partial charge in [-0.05, 0) is 43.2 Å². The van der Waals surface area contributed by atoms with Gasteiger partial charge in [-0.3, -0.25) is 4.79 Å². The highest BCUT2D eigenvalue weighted by Gasteiger charge is 2.38. The zero-order valence-corrected chi connectivity index (χ0v) is 14.1. The zero-order valence-electron chi connectivity index (χ0n) is 14.1. The van der Waals surface area contributed by atoms with Crippen LogP contribution in [0, 0.1) is 0 Å². The molecule has 4 rings (SSSR count). The molecule has 0 spiro atoms. The van der Waals surface area contributed by atoms with Gasteiger partial charge in [0.05, 0.1) is 12.0 Å². The fraction of sp³-hybridized carbons (Fsp3) is 0.526. The summed E-state index contributed by atoms with van der Waals surface area (Å²) in [4.78, 5) is 19.7. The quantitative estimate of drug-likeness (QED) is 0.867. The van der Waals surface area contributed by atoms with Crippen LogP contribution in [0.2, 0.25) is 0 Å². The zero-order chi connectivity index (χ0) is 16.5. The van der Waals surface area contributed by atoms with E-state index in [1.165, 1.54) is 11.1 Å². The number of benzene rings is 1. The fourth-order valence-electron chi connectivity index (χ4n) is 4.06. The molecule has 1 aliphatic carbocycles. The first kappa shape index (κ1) is 15.4. The number of amides is 1. The number of carbonyl (C=O) groups excluding carboxylic acids is 1. The second kappa shape index (κ2) is 6.38. The van der Waals surface area contributed by atoms with Crippen LogP contribution in [0.1, 0.15) is 67.4 Å². The number of aryl methyl sites for hydroxylation is 2. The molecule has 2 aliphatic rings. The largest absolute Gasteiger partial charge is 0.339 e. The van der Waals surface area contributed by atoms with Crippen LogP contribution < -0.4 is 0 Å². The van der Waals surface area contributed by atoms with E-state index in [0.29, 0.717) is 11.7 Å². The lowest BCUT2D eigenvalue weighted by atomic mass is 9.82. The van der Waals surface area contributed by atoms with Crippen LogP contribution in [-0.4, -0.2) is 27.5 Å². The summed E-state index contributed by atoms with van der Waals surface area (Å²) >= 11 is 0. The van der Waals surface area contributed by atoms with E-state index in [-0.39, 0.29) is 17.9 Å². The van der Waals surface area contributed by atoms with Gasteiger partial charge in [0.2, 0.25) is 11.8 Å². The maximum atomic E-state index is 13.3. The van der Waals surface area contributed by atoms with Gasteiger partial charge in [-0.2, -0.15) is 4.98 Å². The van der Waals surface area contributed by atoms with E-state index in [2.05, 4.69) is 28.3 Å². The molecule has 2 unspecified atom stereocenters. The smallest absolute Gasteiger partial charge is 0.230 e. The summed E-state index contributed by atoms with van der Waals surface area (Å²) in [5.41, 5.74) is 2.53. The van der Waals surface area contributed by atoms with Crippen molar-refractivity contribution in [3.05, 3.63) is 47.1 Å². The molecule has 0 radical (unpaired) electrons. The minimum Gasteiger partial charge on any atom is -0.339 e. The van der Waals surface area contributed by atoms with E-state index in [1.54, 1.807) is 0 Å². The maximum Gasteiger partial charge on any atom is 0.230 e. The molecule has 1 fully saturated rings. The molecule has 5 nitrogen and oxygen atoms in total. The number of hydrogen-bond donors (Lipinski definition) is 0. The molecule has 1 amide bonds. The Morgan fingerprint density at radius 1 is 1.29 bits per heavy atom. The molecule has 1 aromatic carbocycles. The van der Waals surface area contributed by atoms with Crippen molar-refractivity contribution in [1.82, 2.24) is 15.0 Å². The van der Waals surface area contributed by atoms with E-state index in [9.17, 15) is 4.79 Å². The van der Waals surface area contributed by atoms with Crippen molar-refractivity contribution in [2.75, 3.05) is 6.54 Å². The summed E-state index contributed by atoms with van der Waals surface area (Å²) in [6, 6.07) is 8.35. The molecule has 2 heterocycles. The third-order valence-electron chi connectivity index (χ3n) is 5.29. The third kappa shape index (κ3) is 2.62. The fourth-order valence-corrected chi connectivity index (χ4v) is 4.06. The van der Waals surface area contributed by atoms with Crippen LogP contribution in [0.5, 0.6) is 0 Å². The number of nitrogens with zero attached hydrogens (tertiary/aromatic N) is 3. The van der Waals surface area contributed by atoms with Crippen molar-refractivity contribution in [1.29, 1.82) is 0 Å². The summed E-state index contributed by atoms with van der Waals surface area (Å²) in [6.07, 6.45) is 5.74. The van der Waals surface area contributed by atoms with Crippen molar-refractivity contribution in [2.24, 2.45) is 0 Å². The van der Waals surface area contributed by atoms with Gasteiger partial charge in [-0.15, -0.1) is 0 Å². The lowest BCUT2D eigenvalue weighted by Gasteiger charge is -2.31. The predicted molar refractivity (Wildman–Crippen MR) is 89.5 cm³/mol. The van der Waals surface area contributed by atoms with E-state index in [4.69, 9.17) is 4.52 Å². The van der Waals surface area contributed by atoms with Crippen LogP contribution in [0.4, 0.5) is 0 Å². The van der Waals surface area contributed by atoms with Crippen LogP contribution in [0.15, 0.2) is 28.8 Å². The summed E-state index contributed by atoms with van der Waals surface area (Å²) in [5, 5.41) is 4.11. The van der Waals surface area contributed by atoms with Gasteiger partial charge < -0.3 is 9.42 Å². The highest BCUT2D eigenvalue weighted by molar-refractivity contribution is 5.85. The predicted octanol–water partition coefficient (Wildman–Crippen LogP) is 3.42. The SMILES string of the molecule is CCc1nc(C2CCCN2C(=O)C2CCCc3ccccc32)no1. The molecule has 24 heavy (non-hydrogen) atoms. The molecule has 0 saturated carbocycles. The van der Waals surface area contributed by atoms with Gasteiger partial charge in [-0.25, -0.2) is 0 Å². The van der Waals surface area contributed by atoms with Gasteiger partial charge in [0, 0.05) is 13.0 Å². The van der Waals surface area contributed by atoms with E-state index >= 15 is 0 Å². The average Bonchev–Trinajstić information content (AvgIpc) is 3.29. The topological polar surface area (TPSA) is 59.2 Å². The number of aromatic nitrogens is 2. The molecule has 5 heteroatoms. The van der Waals surface area contributed by atoms with Gasteiger partial charge in [0.1, 0.15) is 0 Å². The molecule has 2 aromatic rings. The second-order valence-electron chi connectivity index (χ2n) is 6.73. The maximum absolute atomic E-state index is 13.3. The lowest BCUT2D eigenvalue weighted by Crippen LogP contribution is -2.36. The average molecular weight is 325 g/mol. The highest BCUT2D eigenvalue weighted by Crippen LogP contribution is 2.38. The molecule has 1 aromatic heterocycles. The number of likely N-dealkylation sites (tertiary alicyclic amines) is 1. The van der Waals surface area contributed by atoms with Gasteiger partial charge >= 0.3 is 0 Å². The Morgan fingerprint density at radius 2 is 2.17 bits per heavy atom. The van der Waals surface area contributed by atoms with E-state index in [0.717, 1.165) is 45.1 Å². The Bertz CT molecular complexity index is 740. The van der Waals surface area contributed by atoms with Gasteiger partial charge in [0.25, 0.3) is 0 Å². The molecular weight excluding hydrogens is 302 g/mol. The minimum absolute atomic E-state index is 0.0203. The monoisotopic (exact) mass is 325 g/mol. The van der Waals surface area contributed by atoms with Crippen molar-refractivity contribution in [3.8, 4) is 0 Å². The highest BCUT2D eigenvalue weighted by atomic mass is 16.5. The molecule has 0 bridgehead atoms. The van der Waals surface area contributed by atoms with Crippen molar-refractivity contribution < 1.29 is 9.32 Å². The first-order chi connectivity index (χ1) is 11.8. The van der Waals surface area contributed by atoms with Crippen molar-refractivity contribution >= 4 is 5.91 Å². The minimum atomic E-state index is -0.0318. The first-order valence-corrected chi connectivity index (χ1v) is 8.98. The summed E-state index contributed by atoms with van der Waals surface area (Å²) in [6.45, 7) is 2.78. The Kier molecular flexibility index (Phi) is 4.08. The molecule has 1 saturated heterocycles. The van der Waals surface area contributed by atoms with Crippen molar-refractivity contribution in [3.63, 3.8) is 0 Å². The van der Waals surface area contributed by atoms with Crippen molar-refractivity contribution in [2.45, 2.75) is 57.4 Å². The third-order valence-corrected chi connectivity index (χ3v) is 5.29. The number of fused-ring (bicyclic) bond motifs is 1. The Morgan fingerprint density at radius 3 is 3.00 bits per heavy atom. The molecule has 126 valence electrons. The Labute approximate surface area is 142 Å². The lowest BCUT2D eigenvalue weighted by molar-refractivity contribution is -0.134. The van der Waals surface area contributed by atoms with Crippen LogP contribution in [0.3, 0.4) is 0 Å². The molecular formula is C19H23N3O2. The molecule has 2 atom stereocenters. The first-order valence-electron chi connectivity index (χ1n) is 8.98. The second-order valence-corrected chi connectivity index (χ2v) is 6.73. The summed E-state index contributed by atoms with van der Waals surface area (Å²) < 4.78 is 5.26. The summed E-state index contributed by atoms with van der Waals surface area (Å²) in [7, 11) is 0. The molecule has 0 N–H and O–H groups in total. The van der Waals surface area contributed by atoms with Crippen LogP contribution >= 0.6 is 0 Å². The Hall–Kier alpha value is -2.17. The standard InChI is InChI=1S/C19H23N3O2/c1-2-17-20-18(21-24-17)16-11-6-12-22(16)19(23)15-10-5-8-13-7-3-4-9-14(13)15/h3-4,7,9,15-16H,2,5-6,8,10-12H2,1H3. The van der Waals surface area contributed by atoms with Crippen LogP contribution in [-0.2, 0) is 17.6 Å². The Balaban J connectivity index is 1.60. The van der Waals surface area contributed by atoms with Crippen LogP contribution in [0.25, 0.3) is 0 Å². The normalized spacial score (nSPS) is 23.3. The number of hydrogen-bond acceptors (Lipinski definition) is 4. The van der Waals surface area contributed by atoms with Gasteiger partial charge in [0.15, 0.2) is 5.82 Å². The van der Waals surface area contributed by atoms with Gasteiger partial charge in [-0.1, -0.05) is 36.3 Å². The number of carbonyl (C=O) groups is 1. The molecule has 1 aliphatic heterocycles.